The highest BCUT2D eigenvalue weighted by Crippen LogP contribution is 2.75. The molecule has 0 aromatic rings. The Bertz CT molecular complexity index is 2160. The number of hydrogen-bond donors (Lipinski definition) is 12. The molecule has 0 aromatic carbocycles. The monoisotopic (exact) mass is 1070 g/mol. The van der Waals surface area contributed by atoms with E-state index in [1.165, 1.54) is 20.8 Å². The number of hydrogen-bond acceptors (Lipinski definition) is 21. The van der Waals surface area contributed by atoms with Crippen LogP contribution in [0.15, 0.2) is 11.6 Å². The number of carbonyl (C=O) groups excluding carboxylic acids is 1. The Morgan fingerprint density at radius 2 is 1.15 bits per heavy atom. The minimum atomic E-state index is -1.85. The third-order valence-electron chi connectivity index (χ3n) is 20.3. The molecule has 0 radical (unpaired) electrons. The quantitative estimate of drug-likeness (QED) is 0.0962. The SMILES string of the molecule is C[C@@H]1O[C@@H](O[C@H]2[C@H](O)[C@@H](O)[C@@H](O[C@@H]3COC(O)[C@H](O)[C@H]3O)O[C@@H]2C)[C@H](O)[C@H](O)[C@H]1O[C@H]1O[C@H](C)[C@H](OC(=O)[C@]23CCC(C)(C)CC2C2=CCC4[C@@]5(C(=O)O)CC[C@H](O)[C@@H](C(=O)O)C5CC[C@@]4(C)[C@]2(C)CC3)[C@H](O)[C@H]1O. The molecule has 23 nitrogen and oxygen atoms in total. The number of fused-ring (bicyclic) bond motifs is 7. The molecular weight excluding hydrogens is 993 g/mol. The molecule has 0 bridgehead atoms. The molecule has 5 aliphatic carbocycles. The molecule has 28 atom stereocenters. The molecular formula is C52H80O23. The lowest BCUT2D eigenvalue weighted by molar-refractivity contribution is -0.378. The van der Waals surface area contributed by atoms with E-state index in [1.807, 2.05) is 0 Å². The lowest BCUT2D eigenvalue weighted by atomic mass is 9.34. The van der Waals surface area contributed by atoms with E-state index in [1.54, 1.807) is 0 Å². The van der Waals surface area contributed by atoms with Gasteiger partial charge < -0.3 is 99.2 Å². The first-order valence-electron chi connectivity index (χ1n) is 26.8. The van der Waals surface area contributed by atoms with Gasteiger partial charge >= 0.3 is 17.9 Å². The van der Waals surface area contributed by atoms with E-state index in [4.69, 9.17) is 37.9 Å². The van der Waals surface area contributed by atoms with Gasteiger partial charge in [0.1, 0.15) is 67.1 Å². The van der Waals surface area contributed by atoms with Gasteiger partial charge in [0.15, 0.2) is 31.3 Å². The lowest BCUT2D eigenvalue weighted by Gasteiger charge is -2.69. The second-order valence-electron chi connectivity index (χ2n) is 24.8. The summed E-state index contributed by atoms with van der Waals surface area (Å²) < 4.78 is 46.5. The van der Waals surface area contributed by atoms with Crippen molar-refractivity contribution in [1.29, 1.82) is 0 Å². The standard InChI is InChI=1S/C52H80O23/c1-20-38(31(55)35(59)43(69-20)72-27-19-68-42(64)34(58)30(27)54)73-44-36(60)32(56)39(21(2)70-44)74-45-37(61)33(57)40(22(3)71-45)75-47(67)51-16-14-48(4,5)18-25(51)23-8-9-28-50(7,49(23,6)15-17-51)12-10-24-29(41(62)63)26(53)11-13-52(24,28)46(65)66/h8,20-22,24-40,42-45,53-61,64H,9-19H2,1-7H3,(H,62,63)(H,65,66)/t20-,21+,22-,24?,25?,26+,27-,28?,29+,30+,31-,32+,33-,34-,35-,36-,37-,38-,39+,40+,42?,43-,44+,45-,49-,50-,51+,52-/m1/s1. The summed E-state index contributed by atoms with van der Waals surface area (Å²) in [7, 11) is 0. The predicted molar refractivity (Wildman–Crippen MR) is 252 cm³/mol. The molecule has 4 aliphatic heterocycles. The van der Waals surface area contributed by atoms with Gasteiger partial charge in [0.25, 0.3) is 0 Å². The summed E-state index contributed by atoms with van der Waals surface area (Å²) in [4.78, 5) is 41.3. The third-order valence-corrected chi connectivity index (χ3v) is 20.3. The third kappa shape index (κ3) is 9.21. The summed E-state index contributed by atoms with van der Waals surface area (Å²) in [6.07, 6.45) is -24.1. The number of rotatable bonds is 10. The fraction of sp³-hybridized carbons (Fsp3) is 0.904. The number of carboxylic acids is 2. The first-order valence-corrected chi connectivity index (χ1v) is 26.8. The smallest absolute Gasteiger partial charge is 0.313 e. The Kier molecular flexibility index (Phi) is 15.7. The van der Waals surface area contributed by atoms with Crippen LogP contribution in [-0.2, 0) is 52.3 Å². The zero-order valence-corrected chi connectivity index (χ0v) is 43.6. The van der Waals surface area contributed by atoms with Gasteiger partial charge in [0.2, 0.25) is 0 Å². The number of esters is 1. The van der Waals surface area contributed by atoms with Crippen molar-refractivity contribution in [3.05, 3.63) is 11.6 Å². The number of aliphatic hydroxyl groups excluding tert-OH is 10. The van der Waals surface area contributed by atoms with E-state index < -0.39 is 180 Å². The highest BCUT2D eigenvalue weighted by molar-refractivity contribution is 5.81. The van der Waals surface area contributed by atoms with Gasteiger partial charge in [-0.3, -0.25) is 14.4 Å². The molecule has 4 saturated carbocycles. The van der Waals surface area contributed by atoms with Gasteiger partial charge in [-0.1, -0.05) is 39.3 Å². The summed E-state index contributed by atoms with van der Waals surface area (Å²) in [6, 6.07) is 0. The van der Waals surface area contributed by atoms with Crippen molar-refractivity contribution in [3.8, 4) is 0 Å². The topological polar surface area (TPSA) is 368 Å². The van der Waals surface area contributed by atoms with Crippen LogP contribution in [0, 0.1) is 50.7 Å². The van der Waals surface area contributed by atoms with Gasteiger partial charge in [0, 0.05) is 0 Å². The fourth-order valence-corrected chi connectivity index (χ4v) is 15.7. The van der Waals surface area contributed by atoms with Crippen LogP contribution >= 0.6 is 0 Å². The van der Waals surface area contributed by atoms with Gasteiger partial charge in [-0.2, -0.15) is 0 Å². The highest BCUT2D eigenvalue weighted by Gasteiger charge is 2.72. The van der Waals surface area contributed by atoms with Crippen LogP contribution in [0.5, 0.6) is 0 Å². The Hall–Kier alpha value is -2.53. The molecule has 4 unspecified atom stereocenters. The number of carboxylic acid groups (broad SMARTS) is 2. The van der Waals surface area contributed by atoms with E-state index in [2.05, 4.69) is 33.8 Å². The minimum absolute atomic E-state index is 0.0709. The van der Waals surface area contributed by atoms with Crippen molar-refractivity contribution in [2.45, 2.75) is 235 Å². The number of allylic oxidation sites excluding steroid dienone is 2. The average Bonchev–Trinajstić information content (AvgIpc) is 3.36. The molecule has 4 heterocycles. The molecule has 23 heteroatoms. The summed E-state index contributed by atoms with van der Waals surface area (Å²) in [5.41, 5.74) is -2.71. The van der Waals surface area contributed by atoms with Crippen molar-refractivity contribution in [3.63, 3.8) is 0 Å². The maximum atomic E-state index is 15.1. The van der Waals surface area contributed by atoms with E-state index >= 15 is 4.79 Å². The molecule has 75 heavy (non-hydrogen) atoms. The fourth-order valence-electron chi connectivity index (χ4n) is 15.7. The van der Waals surface area contributed by atoms with Crippen molar-refractivity contribution in [1.82, 2.24) is 0 Å². The van der Waals surface area contributed by atoms with E-state index in [0.717, 1.165) is 5.57 Å². The number of ether oxygens (including phenoxy) is 8. The second-order valence-corrected chi connectivity index (χ2v) is 24.8. The highest BCUT2D eigenvalue weighted by atomic mass is 16.8. The molecule has 12 N–H and O–H groups in total. The largest absolute Gasteiger partial charge is 0.481 e. The van der Waals surface area contributed by atoms with Gasteiger partial charge in [-0.25, -0.2) is 0 Å². The maximum Gasteiger partial charge on any atom is 0.313 e. The van der Waals surface area contributed by atoms with E-state index in [9.17, 15) is 70.9 Å². The molecule has 0 aromatic heterocycles. The summed E-state index contributed by atoms with van der Waals surface area (Å²) in [5, 5.41) is 130. The van der Waals surface area contributed by atoms with Gasteiger partial charge in [0.05, 0.1) is 47.8 Å². The molecule has 0 amide bonds. The zero-order valence-electron chi connectivity index (χ0n) is 43.6. The van der Waals surface area contributed by atoms with Crippen LogP contribution in [0.1, 0.15) is 113 Å². The Morgan fingerprint density at radius 3 is 1.71 bits per heavy atom. The Balaban J connectivity index is 0.859. The Morgan fingerprint density at radius 1 is 0.613 bits per heavy atom. The van der Waals surface area contributed by atoms with Gasteiger partial charge in [-0.15, -0.1) is 0 Å². The summed E-state index contributed by atoms with van der Waals surface area (Å²) in [6.45, 7) is 12.7. The average molecular weight is 1070 g/mol. The van der Waals surface area contributed by atoms with Crippen LogP contribution in [0.3, 0.4) is 0 Å². The van der Waals surface area contributed by atoms with Crippen molar-refractivity contribution in [2.24, 2.45) is 50.7 Å². The second kappa shape index (κ2) is 20.5. The lowest BCUT2D eigenvalue weighted by Crippen LogP contribution is -2.67. The van der Waals surface area contributed by atoms with Crippen LogP contribution < -0.4 is 0 Å². The van der Waals surface area contributed by atoms with Crippen LogP contribution in [-0.4, -0.2) is 209 Å². The summed E-state index contributed by atoms with van der Waals surface area (Å²) in [5.74, 6) is -5.47. The van der Waals surface area contributed by atoms with E-state index in [0.29, 0.717) is 51.4 Å². The van der Waals surface area contributed by atoms with Crippen molar-refractivity contribution >= 4 is 17.9 Å². The first-order chi connectivity index (χ1) is 35.0. The van der Waals surface area contributed by atoms with Crippen LogP contribution in [0.25, 0.3) is 0 Å². The number of aliphatic carboxylic acids is 2. The molecule has 4 saturated heterocycles. The molecule has 0 spiro atoms. The normalized spacial score (nSPS) is 53.7. The predicted octanol–water partition coefficient (Wildman–Crippen LogP) is -0.574. The number of aliphatic hydroxyl groups is 10. The van der Waals surface area contributed by atoms with Crippen LogP contribution in [0.4, 0.5) is 0 Å². The van der Waals surface area contributed by atoms with Crippen molar-refractivity contribution in [2.75, 3.05) is 6.61 Å². The molecule has 8 fully saturated rings. The summed E-state index contributed by atoms with van der Waals surface area (Å²) >= 11 is 0. The molecule has 426 valence electrons. The first kappa shape index (κ1) is 57.2. The maximum absolute atomic E-state index is 15.1. The van der Waals surface area contributed by atoms with Crippen molar-refractivity contribution < 1.29 is 114 Å². The molecule has 9 rings (SSSR count). The van der Waals surface area contributed by atoms with Crippen LogP contribution in [0.2, 0.25) is 0 Å². The molecule has 9 aliphatic rings. The zero-order chi connectivity index (χ0) is 54.8. The minimum Gasteiger partial charge on any atom is -0.481 e. The van der Waals surface area contributed by atoms with Gasteiger partial charge in [-0.05, 0) is 119 Å². The van der Waals surface area contributed by atoms with E-state index in [-0.39, 0.29) is 30.8 Å². The Labute approximate surface area is 435 Å². The number of carbonyl (C=O) groups is 3.